The van der Waals surface area contributed by atoms with Gasteiger partial charge in [0.25, 0.3) is 0 Å². The molecule has 6 nitrogen and oxygen atoms in total. The fourth-order valence-corrected chi connectivity index (χ4v) is 2.92. The van der Waals surface area contributed by atoms with Gasteiger partial charge in [-0.05, 0) is 24.9 Å². The van der Waals surface area contributed by atoms with E-state index in [1.807, 2.05) is 35.2 Å². The van der Waals surface area contributed by atoms with Crippen LogP contribution in [-0.2, 0) is 4.79 Å². The molecule has 1 unspecified atom stereocenters. The fourth-order valence-electron chi connectivity index (χ4n) is 2.92. The van der Waals surface area contributed by atoms with Crippen LogP contribution in [0.15, 0.2) is 43.0 Å². The summed E-state index contributed by atoms with van der Waals surface area (Å²) in [5.74, 6) is -0.819. The van der Waals surface area contributed by atoms with E-state index < -0.39 is 31.3 Å². The van der Waals surface area contributed by atoms with E-state index in [9.17, 15) is 20.1 Å². The van der Waals surface area contributed by atoms with Crippen LogP contribution < -0.4 is 0 Å². The molecular weight excluding hydrogens is 322 g/mol. The molecule has 4 N–H and O–H groups in total. The number of aliphatic hydroxyl groups is 3. The van der Waals surface area contributed by atoms with Gasteiger partial charge in [0.1, 0.15) is 0 Å². The Morgan fingerprint density at radius 1 is 1.08 bits per heavy atom. The van der Waals surface area contributed by atoms with Crippen molar-refractivity contribution in [1.29, 1.82) is 0 Å². The lowest BCUT2D eigenvalue weighted by Crippen LogP contribution is -2.58. The molecular formula is C19H29NO5. The highest BCUT2D eigenvalue weighted by Gasteiger charge is 2.38. The van der Waals surface area contributed by atoms with Crippen molar-refractivity contribution in [3.8, 4) is 0 Å². The molecule has 25 heavy (non-hydrogen) atoms. The first-order chi connectivity index (χ1) is 12.0. The van der Waals surface area contributed by atoms with Crippen LogP contribution in [0, 0.1) is 0 Å². The van der Waals surface area contributed by atoms with Crippen LogP contribution in [0.5, 0.6) is 0 Å². The van der Waals surface area contributed by atoms with Crippen LogP contribution in [0.2, 0.25) is 0 Å². The molecule has 0 heterocycles. The van der Waals surface area contributed by atoms with Gasteiger partial charge in [-0.15, -0.1) is 6.58 Å². The third-order valence-electron chi connectivity index (χ3n) is 4.48. The monoisotopic (exact) mass is 351 g/mol. The topological polar surface area (TPSA) is 101 Å². The number of rotatable bonds is 13. The maximum atomic E-state index is 10.6. The summed E-state index contributed by atoms with van der Waals surface area (Å²) in [4.78, 5) is 12.5. The molecule has 140 valence electrons. The molecule has 1 rings (SSSR count). The molecule has 1 atom stereocenters. The summed E-state index contributed by atoms with van der Waals surface area (Å²) >= 11 is 0. The summed E-state index contributed by atoms with van der Waals surface area (Å²) in [6.45, 7) is 3.18. The fraction of sp³-hybridized carbons (Fsp3) is 0.526. The molecule has 0 aliphatic carbocycles. The van der Waals surface area contributed by atoms with Gasteiger partial charge in [-0.3, -0.25) is 9.69 Å². The Kier molecular flexibility index (Phi) is 9.37. The standard InChI is InChI=1S/C19H29NO5/c1-2-17(16-9-5-3-6-10-16)20(19(13-21,14-22)15-23)12-8-4-7-11-18(24)25/h2-3,5-6,9-10,17,21-23H,1,4,7-8,11-15H2,(H,24,25). The number of aliphatic carboxylic acids is 1. The van der Waals surface area contributed by atoms with Gasteiger partial charge >= 0.3 is 5.97 Å². The van der Waals surface area contributed by atoms with Crippen molar-refractivity contribution in [2.45, 2.75) is 37.3 Å². The lowest BCUT2D eigenvalue weighted by molar-refractivity contribution is -0.137. The van der Waals surface area contributed by atoms with Gasteiger partial charge in [-0.2, -0.15) is 0 Å². The van der Waals surface area contributed by atoms with Crippen LogP contribution >= 0.6 is 0 Å². The van der Waals surface area contributed by atoms with Crippen molar-refractivity contribution in [1.82, 2.24) is 4.90 Å². The molecule has 1 aromatic carbocycles. The molecule has 0 aromatic heterocycles. The molecule has 0 spiro atoms. The third kappa shape index (κ3) is 5.93. The van der Waals surface area contributed by atoms with E-state index in [4.69, 9.17) is 5.11 Å². The average Bonchev–Trinajstić information content (AvgIpc) is 2.64. The van der Waals surface area contributed by atoms with Gasteiger partial charge in [0.2, 0.25) is 0 Å². The second-order valence-electron chi connectivity index (χ2n) is 6.19. The quantitative estimate of drug-likeness (QED) is 0.318. The Labute approximate surface area is 149 Å². The largest absolute Gasteiger partial charge is 0.481 e. The van der Waals surface area contributed by atoms with E-state index in [2.05, 4.69) is 6.58 Å². The molecule has 0 fully saturated rings. The summed E-state index contributed by atoms with van der Waals surface area (Å²) in [5, 5.41) is 38.2. The maximum absolute atomic E-state index is 10.6. The van der Waals surface area contributed by atoms with Crippen molar-refractivity contribution in [3.05, 3.63) is 48.6 Å². The van der Waals surface area contributed by atoms with E-state index in [0.717, 1.165) is 5.56 Å². The van der Waals surface area contributed by atoms with E-state index in [1.54, 1.807) is 6.08 Å². The minimum absolute atomic E-state index is 0.120. The first-order valence-corrected chi connectivity index (χ1v) is 8.53. The van der Waals surface area contributed by atoms with Crippen molar-refractivity contribution in [2.24, 2.45) is 0 Å². The SMILES string of the molecule is C=CC(c1ccccc1)N(CCCCCC(=O)O)C(CO)(CO)CO. The summed E-state index contributed by atoms with van der Waals surface area (Å²) in [6, 6.07) is 9.27. The van der Waals surface area contributed by atoms with Gasteiger partial charge in [0.15, 0.2) is 0 Å². The third-order valence-corrected chi connectivity index (χ3v) is 4.48. The van der Waals surface area contributed by atoms with Crippen LogP contribution in [0.25, 0.3) is 0 Å². The molecule has 0 saturated heterocycles. The molecule has 0 radical (unpaired) electrons. The predicted octanol–water partition coefficient (Wildman–Crippen LogP) is 1.58. The highest BCUT2D eigenvalue weighted by molar-refractivity contribution is 5.66. The number of hydrogen-bond acceptors (Lipinski definition) is 5. The molecule has 0 saturated carbocycles. The minimum Gasteiger partial charge on any atom is -0.481 e. The van der Waals surface area contributed by atoms with Gasteiger partial charge in [0, 0.05) is 6.42 Å². The van der Waals surface area contributed by atoms with Crippen molar-refractivity contribution >= 4 is 5.97 Å². The highest BCUT2D eigenvalue weighted by atomic mass is 16.4. The zero-order valence-corrected chi connectivity index (χ0v) is 14.5. The zero-order valence-electron chi connectivity index (χ0n) is 14.5. The van der Waals surface area contributed by atoms with E-state index in [0.29, 0.717) is 25.8 Å². The second kappa shape index (κ2) is 11.0. The number of unbranched alkanes of at least 4 members (excludes halogenated alkanes) is 2. The number of aliphatic hydroxyl groups excluding tert-OH is 3. The molecule has 0 aliphatic rings. The van der Waals surface area contributed by atoms with E-state index in [-0.39, 0.29) is 12.5 Å². The van der Waals surface area contributed by atoms with Crippen LogP contribution in [0.3, 0.4) is 0 Å². The van der Waals surface area contributed by atoms with Crippen LogP contribution in [-0.4, -0.2) is 63.2 Å². The van der Waals surface area contributed by atoms with Gasteiger partial charge in [0.05, 0.1) is 31.4 Å². The molecule has 0 amide bonds. The number of carboxylic acid groups (broad SMARTS) is 1. The number of carbonyl (C=O) groups is 1. The van der Waals surface area contributed by atoms with E-state index >= 15 is 0 Å². The zero-order chi connectivity index (χ0) is 18.7. The maximum Gasteiger partial charge on any atom is 0.303 e. The Hall–Kier alpha value is -1.73. The first kappa shape index (κ1) is 21.3. The Balaban J connectivity index is 2.97. The smallest absolute Gasteiger partial charge is 0.303 e. The summed E-state index contributed by atoms with van der Waals surface area (Å²) in [5.41, 5.74) is -0.232. The predicted molar refractivity (Wildman–Crippen MR) is 96.2 cm³/mol. The van der Waals surface area contributed by atoms with E-state index in [1.165, 1.54) is 0 Å². The lowest BCUT2D eigenvalue weighted by atomic mass is 9.93. The highest BCUT2D eigenvalue weighted by Crippen LogP contribution is 2.30. The van der Waals surface area contributed by atoms with Crippen molar-refractivity contribution in [2.75, 3.05) is 26.4 Å². The van der Waals surface area contributed by atoms with Crippen molar-refractivity contribution < 1.29 is 25.2 Å². The van der Waals surface area contributed by atoms with Crippen molar-refractivity contribution in [3.63, 3.8) is 0 Å². The summed E-state index contributed by atoms with van der Waals surface area (Å²) in [7, 11) is 0. The molecule has 0 aliphatic heterocycles. The van der Waals surface area contributed by atoms with Crippen LogP contribution in [0.4, 0.5) is 0 Å². The van der Waals surface area contributed by atoms with Gasteiger partial charge < -0.3 is 20.4 Å². The minimum atomic E-state index is -1.18. The normalized spacial score (nSPS) is 13.0. The number of nitrogens with zero attached hydrogens (tertiary/aromatic N) is 1. The first-order valence-electron chi connectivity index (χ1n) is 8.53. The Bertz CT molecular complexity index is 508. The van der Waals surface area contributed by atoms with Crippen LogP contribution in [0.1, 0.15) is 37.3 Å². The number of hydrogen-bond donors (Lipinski definition) is 4. The summed E-state index contributed by atoms with van der Waals surface area (Å²) in [6.07, 6.45) is 3.81. The Morgan fingerprint density at radius 3 is 2.16 bits per heavy atom. The number of benzene rings is 1. The summed E-state index contributed by atoms with van der Waals surface area (Å²) < 4.78 is 0. The molecule has 0 bridgehead atoms. The molecule has 6 heteroatoms. The Morgan fingerprint density at radius 2 is 1.68 bits per heavy atom. The number of carboxylic acids is 1. The molecule has 1 aromatic rings. The second-order valence-corrected chi connectivity index (χ2v) is 6.19. The lowest BCUT2D eigenvalue weighted by Gasteiger charge is -2.44. The average molecular weight is 351 g/mol. The van der Waals surface area contributed by atoms with Gasteiger partial charge in [-0.1, -0.05) is 42.8 Å². The van der Waals surface area contributed by atoms with Gasteiger partial charge in [-0.25, -0.2) is 0 Å².